The predicted molar refractivity (Wildman–Crippen MR) is 127 cm³/mol. The van der Waals surface area contributed by atoms with Crippen molar-refractivity contribution in [2.45, 2.75) is 45.3 Å². The number of hydrogen-bond donors (Lipinski definition) is 1. The maximum atomic E-state index is 13.8. The van der Waals surface area contributed by atoms with Crippen molar-refractivity contribution in [1.29, 1.82) is 0 Å². The molecule has 1 N–H and O–H groups in total. The molecule has 3 aliphatic carbocycles. The van der Waals surface area contributed by atoms with Crippen molar-refractivity contribution in [3.8, 4) is 0 Å². The summed E-state index contributed by atoms with van der Waals surface area (Å²) >= 11 is 0. The van der Waals surface area contributed by atoms with Crippen molar-refractivity contribution < 1.29 is 33.8 Å². The zero-order chi connectivity index (χ0) is 25.7. The molecule has 7 atom stereocenters. The minimum atomic E-state index is -1.21. The van der Waals surface area contributed by atoms with Gasteiger partial charge in [0.25, 0.3) is 0 Å². The van der Waals surface area contributed by atoms with Crippen molar-refractivity contribution in [3.05, 3.63) is 36.5 Å². The Morgan fingerprint density at radius 3 is 2.40 bits per heavy atom. The lowest BCUT2D eigenvalue weighted by molar-refractivity contribution is -0.180. The largest absolute Gasteiger partial charge is 0.456 e. The molecule has 0 aromatic carbocycles. The summed E-state index contributed by atoms with van der Waals surface area (Å²) in [5.41, 5.74) is -1.78. The Bertz CT molecular complexity index is 1000. The number of hydrogen-bond acceptors (Lipinski definition) is 8. The minimum Gasteiger partial charge on any atom is -0.456 e. The van der Waals surface area contributed by atoms with Gasteiger partial charge in [-0.1, -0.05) is 26.0 Å². The molecule has 3 saturated carbocycles. The summed E-state index contributed by atoms with van der Waals surface area (Å²) in [7, 11) is 1.46. The van der Waals surface area contributed by atoms with E-state index in [-0.39, 0.29) is 42.4 Å². The first kappa shape index (κ1) is 25.7. The molecule has 4 aliphatic rings. The van der Waals surface area contributed by atoms with Crippen LogP contribution in [0.1, 0.15) is 33.1 Å². The Kier molecular flexibility index (Phi) is 6.76. The molecule has 3 unspecified atom stereocenters. The third kappa shape index (κ3) is 3.69. The summed E-state index contributed by atoms with van der Waals surface area (Å²) < 4.78 is 11.2. The van der Waals surface area contributed by atoms with E-state index in [9.17, 15) is 24.3 Å². The van der Waals surface area contributed by atoms with Crippen LogP contribution in [0, 0.1) is 28.6 Å². The molecule has 0 spiro atoms. The van der Waals surface area contributed by atoms with Crippen LogP contribution in [-0.2, 0) is 28.7 Å². The van der Waals surface area contributed by atoms with E-state index >= 15 is 0 Å². The van der Waals surface area contributed by atoms with Gasteiger partial charge in [0, 0.05) is 61.4 Å². The van der Waals surface area contributed by atoms with Gasteiger partial charge in [0.2, 0.25) is 11.6 Å². The maximum absolute atomic E-state index is 13.8. The summed E-state index contributed by atoms with van der Waals surface area (Å²) in [5, 5.41) is 10.7. The minimum absolute atomic E-state index is 0.00935. The molecule has 35 heavy (non-hydrogen) atoms. The number of Topliss-reactive ketones (excluding diaryl/α,β-unsaturated/α-hetero) is 3. The molecule has 0 radical (unpaired) electrons. The molecule has 0 saturated heterocycles. The first-order valence-electron chi connectivity index (χ1n) is 12.2. The molecule has 3 fully saturated rings. The average Bonchev–Trinajstić information content (AvgIpc) is 3.09. The topological polar surface area (TPSA) is 110 Å². The number of cyclic esters (lactones) is 1. The maximum Gasteiger partial charge on any atom is 0.336 e. The van der Waals surface area contributed by atoms with Crippen LogP contribution in [0.5, 0.6) is 0 Å². The van der Waals surface area contributed by atoms with Gasteiger partial charge < -0.3 is 14.6 Å². The van der Waals surface area contributed by atoms with Crippen molar-refractivity contribution >= 4 is 23.3 Å². The monoisotopic (exact) mass is 485 g/mol. The third-order valence-corrected chi connectivity index (χ3v) is 8.93. The number of aliphatic hydroxyl groups excluding tert-OH is 1. The number of aliphatic hydroxyl groups is 1. The van der Waals surface area contributed by atoms with Gasteiger partial charge in [-0.25, -0.2) is 4.79 Å². The molecule has 0 amide bonds. The van der Waals surface area contributed by atoms with Gasteiger partial charge in [-0.05, 0) is 18.8 Å². The van der Waals surface area contributed by atoms with Crippen LogP contribution in [-0.4, -0.2) is 78.9 Å². The van der Waals surface area contributed by atoms with Crippen molar-refractivity contribution in [1.82, 2.24) is 4.90 Å². The van der Waals surface area contributed by atoms with Crippen LogP contribution in [0.4, 0.5) is 0 Å². The lowest BCUT2D eigenvalue weighted by Gasteiger charge is -2.57. The van der Waals surface area contributed by atoms with E-state index in [1.54, 1.807) is 19.1 Å². The van der Waals surface area contributed by atoms with E-state index in [1.807, 2.05) is 11.8 Å². The van der Waals surface area contributed by atoms with Gasteiger partial charge in [-0.3, -0.25) is 19.3 Å². The van der Waals surface area contributed by atoms with E-state index in [0.29, 0.717) is 25.9 Å². The fourth-order valence-corrected chi connectivity index (χ4v) is 7.26. The molecule has 4 rings (SSSR count). The average molecular weight is 486 g/mol. The van der Waals surface area contributed by atoms with Gasteiger partial charge in [0.05, 0.1) is 18.3 Å². The molecule has 0 bridgehead atoms. The van der Waals surface area contributed by atoms with Crippen molar-refractivity contribution in [2.75, 3.05) is 33.4 Å². The molecule has 0 aromatic rings. The normalized spacial score (nSPS) is 38.7. The molecular formula is C27H35NO7. The van der Waals surface area contributed by atoms with Crippen LogP contribution >= 0.6 is 0 Å². The quantitative estimate of drug-likeness (QED) is 0.314. The van der Waals surface area contributed by atoms with Gasteiger partial charge in [-0.15, -0.1) is 13.2 Å². The zero-order valence-corrected chi connectivity index (χ0v) is 20.7. The van der Waals surface area contributed by atoms with Crippen LogP contribution in [0.15, 0.2) is 36.5 Å². The highest BCUT2D eigenvalue weighted by atomic mass is 16.6. The van der Waals surface area contributed by atoms with E-state index in [0.717, 1.165) is 0 Å². The van der Waals surface area contributed by atoms with Crippen LogP contribution in [0.2, 0.25) is 0 Å². The number of esters is 1. The highest BCUT2D eigenvalue weighted by Gasteiger charge is 2.70. The van der Waals surface area contributed by atoms with Gasteiger partial charge in [0.1, 0.15) is 11.9 Å². The predicted octanol–water partition coefficient (Wildman–Crippen LogP) is 1.67. The van der Waals surface area contributed by atoms with Gasteiger partial charge >= 0.3 is 5.97 Å². The molecular weight excluding hydrogens is 450 g/mol. The van der Waals surface area contributed by atoms with E-state index < -0.39 is 52.4 Å². The molecule has 8 nitrogen and oxygen atoms in total. The van der Waals surface area contributed by atoms with Crippen molar-refractivity contribution in [2.24, 2.45) is 28.6 Å². The summed E-state index contributed by atoms with van der Waals surface area (Å²) in [4.78, 5) is 56.4. The highest BCUT2D eigenvalue weighted by molar-refractivity contribution is 6.47. The Labute approximate surface area is 206 Å². The number of rotatable bonds is 8. The standard InChI is InChI=1S/C27H35NO7/c1-6-10-28(11-7-2)13-15-21-24(32)23(31)20-16-8-9-18(30)26(16,3)12-17(29)22(20)27(21,4)19(14-34-5)35-25(15)33/h6-7,16,18-20,22,30H,1-2,8-14H2,3-5H3/t16-,18?,19+,20?,22?,26-,27-/m0/s1. The fraction of sp³-hybridized carbons (Fsp3) is 0.630. The first-order chi connectivity index (χ1) is 16.6. The third-order valence-electron chi connectivity index (χ3n) is 8.93. The zero-order valence-electron chi connectivity index (χ0n) is 20.7. The number of carbonyl (C=O) groups is 4. The van der Waals surface area contributed by atoms with E-state index in [1.165, 1.54) is 7.11 Å². The highest BCUT2D eigenvalue weighted by Crippen LogP contribution is 2.63. The Morgan fingerprint density at radius 2 is 1.80 bits per heavy atom. The molecule has 1 aliphatic heterocycles. The number of nitrogens with zero attached hydrogens (tertiary/aromatic N) is 1. The van der Waals surface area contributed by atoms with E-state index in [2.05, 4.69) is 13.2 Å². The first-order valence-corrected chi connectivity index (χ1v) is 12.2. The Hall–Kier alpha value is -2.42. The van der Waals surface area contributed by atoms with Crippen LogP contribution < -0.4 is 0 Å². The number of fused-ring (bicyclic) bond motifs is 5. The number of carbonyl (C=O) groups excluding carboxylic acids is 4. The summed E-state index contributed by atoms with van der Waals surface area (Å²) in [6.07, 6.45) is 2.92. The molecule has 1 heterocycles. The fourth-order valence-electron chi connectivity index (χ4n) is 7.26. The van der Waals surface area contributed by atoms with Gasteiger partial charge in [-0.2, -0.15) is 0 Å². The number of ketones is 3. The van der Waals surface area contributed by atoms with Crippen LogP contribution in [0.25, 0.3) is 0 Å². The molecule has 190 valence electrons. The summed E-state index contributed by atoms with van der Waals surface area (Å²) in [5.74, 6) is -4.20. The van der Waals surface area contributed by atoms with Crippen LogP contribution in [0.3, 0.4) is 0 Å². The summed E-state index contributed by atoms with van der Waals surface area (Å²) in [6.45, 7) is 12.0. The second-order valence-corrected chi connectivity index (χ2v) is 10.8. The lowest BCUT2D eigenvalue weighted by Crippen LogP contribution is -2.66. The Balaban J connectivity index is 1.90. The summed E-state index contributed by atoms with van der Waals surface area (Å²) in [6, 6.07) is 0. The molecule has 8 heteroatoms. The molecule has 0 aromatic heterocycles. The van der Waals surface area contributed by atoms with E-state index in [4.69, 9.17) is 9.47 Å². The lowest BCUT2D eigenvalue weighted by atomic mass is 9.46. The van der Waals surface area contributed by atoms with Crippen molar-refractivity contribution in [3.63, 3.8) is 0 Å². The Morgan fingerprint density at radius 1 is 1.14 bits per heavy atom. The second-order valence-electron chi connectivity index (χ2n) is 10.8. The van der Waals surface area contributed by atoms with Gasteiger partial charge in [0.15, 0.2) is 0 Å². The number of ether oxygens (including phenoxy) is 2. The smallest absolute Gasteiger partial charge is 0.336 e. The second kappa shape index (κ2) is 9.22. The SMILES string of the molecule is C=CCN(CC=C)CC1=C2C(=O)C(=O)C3C(C(=O)C[C@]4(C)C(O)CC[C@@H]34)[C@@]2(C)[C@@H](COC)OC1=O. The number of methoxy groups -OCH3 is 1.